The van der Waals surface area contributed by atoms with Crippen molar-refractivity contribution < 1.29 is 4.39 Å². The Labute approximate surface area is 82.1 Å². The largest absolute Gasteiger partial charge is 0.383 e. The number of rotatable bonds is 3. The Balaban J connectivity index is 2.40. The van der Waals surface area contributed by atoms with Gasteiger partial charge >= 0.3 is 0 Å². The first kappa shape index (κ1) is 9.06. The van der Waals surface area contributed by atoms with Crippen LogP contribution < -0.4 is 5.32 Å². The minimum atomic E-state index is -0.198. The van der Waals surface area contributed by atoms with Gasteiger partial charge in [-0.05, 0) is 24.6 Å². The topological polar surface area (TPSA) is 27.8 Å². The van der Waals surface area contributed by atoms with Crippen LogP contribution in [0.15, 0.2) is 24.4 Å². The second kappa shape index (κ2) is 3.70. The van der Waals surface area contributed by atoms with Crippen molar-refractivity contribution in [2.24, 2.45) is 0 Å². The molecule has 2 aromatic rings. The van der Waals surface area contributed by atoms with Crippen LogP contribution in [-0.4, -0.2) is 11.5 Å². The van der Waals surface area contributed by atoms with Crippen LogP contribution in [0.1, 0.15) is 13.3 Å². The maximum absolute atomic E-state index is 13.0. The fourth-order valence-electron chi connectivity index (χ4n) is 1.50. The second-order valence-corrected chi connectivity index (χ2v) is 3.32. The quantitative estimate of drug-likeness (QED) is 0.768. The van der Waals surface area contributed by atoms with Crippen molar-refractivity contribution in [2.75, 3.05) is 11.9 Å². The van der Waals surface area contributed by atoms with Crippen LogP contribution in [0.25, 0.3) is 10.9 Å². The van der Waals surface area contributed by atoms with Crippen molar-refractivity contribution in [3.63, 3.8) is 0 Å². The van der Waals surface area contributed by atoms with Gasteiger partial charge in [-0.2, -0.15) is 0 Å². The Morgan fingerprint density at radius 1 is 1.43 bits per heavy atom. The summed E-state index contributed by atoms with van der Waals surface area (Å²) in [5.74, 6) is -0.198. The van der Waals surface area contributed by atoms with E-state index >= 15 is 0 Å². The Bertz CT molecular complexity index is 434. The summed E-state index contributed by atoms with van der Waals surface area (Å²) >= 11 is 0. The average Bonchev–Trinajstić information content (AvgIpc) is 2.57. The van der Waals surface area contributed by atoms with Gasteiger partial charge in [-0.1, -0.05) is 6.92 Å². The van der Waals surface area contributed by atoms with Gasteiger partial charge in [0.25, 0.3) is 0 Å². The third-order valence-corrected chi connectivity index (χ3v) is 2.21. The molecule has 1 aromatic carbocycles. The Kier molecular flexibility index (Phi) is 2.39. The lowest BCUT2D eigenvalue weighted by atomic mass is 10.2. The van der Waals surface area contributed by atoms with E-state index in [1.807, 2.05) is 6.20 Å². The molecule has 2 rings (SSSR count). The molecule has 0 fully saturated rings. The molecule has 0 unspecified atom stereocenters. The van der Waals surface area contributed by atoms with E-state index in [0.717, 1.165) is 29.6 Å². The molecule has 74 valence electrons. The van der Waals surface area contributed by atoms with Crippen LogP contribution in [-0.2, 0) is 0 Å². The molecular weight excluding hydrogens is 179 g/mol. The van der Waals surface area contributed by atoms with E-state index in [9.17, 15) is 4.39 Å². The van der Waals surface area contributed by atoms with Gasteiger partial charge in [0.1, 0.15) is 5.82 Å². The van der Waals surface area contributed by atoms with Crippen molar-refractivity contribution in [3.05, 3.63) is 30.2 Å². The van der Waals surface area contributed by atoms with Crippen LogP contribution in [0.2, 0.25) is 0 Å². The molecule has 0 aliphatic heterocycles. The summed E-state index contributed by atoms with van der Waals surface area (Å²) < 4.78 is 13.0. The molecule has 0 saturated heterocycles. The molecule has 1 aromatic heterocycles. The minimum absolute atomic E-state index is 0.198. The summed E-state index contributed by atoms with van der Waals surface area (Å²) in [6.07, 6.45) is 2.93. The lowest BCUT2D eigenvalue weighted by Crippen LogP contribution is -1.98. The van der Waals surface area contributed by atoms with Gasteiger partial charge in [0.05, 0.1) is 5.69 Å². The normalized spacial score (nSPS) is 10.7. The second-order valence-electron chi connectivity index (χ2n) is 3.32. The van der Waals surface area contributed by atoms with Crippen molar-refractivity contribution in [3.8, 4) is 0 Å². The molecule has 0 spiro atoms. The number of benzene rings is 1. The molecule has 0 bridgehead atoms. The van der Waals surface area contributed by atoms with Gasteiger partial charge in [0, 0.05) is 23.6 Å². The highest BCUT2D eigenvalue weighted by Gasteiger charge is 2.03. The van der Waals surface area contributed by atoms with Gasteiger partial charge in [-0.15, -0.1) is 0 Å². The Hall–Kier alpha value is -1.51. The minimum Gasteiger partial charge on any atom is -0.383 e. The number of halogens is 1. The van der Waals surface area contributed by atoms with E-state index in [-0.39, 0.29) is 5.82 Å². The summed E-state index contributed by atoms with van der Waals surface area (Å²) in [5, 5.41) is 4.16. The van der Waals surface area contributed by atoms with Crippen molar-refractivity contribution >= 4 is 16.6 Å². The summed E-state index contributed by atoms with van der Waals surface area (Å²) in [4.78, 5) is 3.10. The summed E-state index contributed by atoms with van der Waals surface area (Å²) in [5.41, 5.74) is 1.94. The molecule has 14 heavy (non-hydrogen) atoms. The van der Waals surface area contributed by atoms with Gasteiger partial charge in [0.15, 0.2) is 0 Å². The number of hydrogen-bond donors (Lipinski definition) is 2. The van der Waals surface area contributed by atoms with E-state index < -0.39 is 0 Å². The van der Waals surface area contributed by atoms with E-state index in [0.29, 0.717) is 0 Å². The number of aromatic amines is 1. The molecule has 2 nitrogen and oxygen atoms in total. The molecular formula is C11H13FN2. The molecule has 0 radical (unpaired) electrons. The first-order valence-corrected chi connectivity index (χ1v) is 4.82. The predicted molar refractivity (Wildman–Crippen MR) is 57.0 cm³/mol. The molecule has 1 heterocycles. The summed E-state index contributed by atoms with van der Waals surface area (Å²) in [7, 11) is 0. The van der Waals surface area contributed by atoms with Gasteiger partial charge in [-0.3, -0.25) is 0 Å². The smallest absolute Gasteiger partial charge is 0.124 e. The standard InChI is InChI=1S/C11H13FN2/c1-2-5-13-11-7-14-10-4-3-8(12)6-9(10)11/h3-4,6-7,13-14H,2,5H2,1H3. The van der Waals surface area contributed by atoms with Crippen molar-refractivity contribution in [2.45, 2.75) is 13.3 Å². The zero-order valence-corrected chi connectivity index (χ0v) is 8.10. The monoisotopic (exact) mass is 192 g/mol. The van der Waals surface area contributed by atoms with Gasteiger partial charge < -0.3 is 10.3 Å². The molecule has 0 amide bonds. The van der Waals surface area contributed by atoms with E-state index in [1.54, 1.807) is 12.1 Å². The predicted octanol–water partition coefficient (Wildman–Crippen LogP) is 3.13. The van der Waals surface area contributed by atoms with E-state index in [1.165, 1.54) is 6.07 Å². The zero-order valence-electron chi connectivity index (χ0n) is 8.10. The van der Waals surface area contributed by atoms with Crippen LogP contribution >= 0.6 is 0 Å². The fraction of sp³-hybridized carbons (Fsp3) is 0.273. The third kappa shape index (κ3) is 1.58. The first-order valence-electron chi connectivity index (χ1n) is 4.82. The molecule has 0 aliphatic rings. The third-order valence-electron chi connectivity index (χ3n) is 2.21. The number of nitrogens with one attached hydrogen (secondary N) is 2. The highest BCUT2D eigenvalue weighted by molar-refractivity contribution is 5.92. The Morgan fingerprint density at radius 2 is 2.29 bits per heavy atom. The molecule has 0 atom stereocenters. The number of aromatic nitrogens is 1. The molecule has 0 saturated carbocycles. The number of anilines is 1. The van der Waals surface area contributed by atoms with Gasteiger partial charge in [-0.25, -0.2) is 4.39 Å². The van der Waals surface area contributed by atoms with Crippen molar-refractivity contribution in [1.82, 2.24) is 4.98 Å². The molecule has 3 heteroatoms. The van der Waals surface area contributed by atoms with E-state index in [2.05, 4.69) is 17.2 Å². The summed E-state index contributed by atoms with van der Waals surface area (Å²) in [6.45, 7) is 3.01. The highest BCUT2D eigenvalue weighted by Crippen LogP contribution is 2.23. The lowest BCUT2D eigenvalue weighted by Gasteiger charge is -2.01. The van der Waals surface area contributed by atoms with Crippen LogP contribution in [0.4, 0.5) is 10.1 Å². The van der Waals surface area contributed by atoms with Crippen LogP contribution in [0.5, 0.6) is 0 Å². The molecule has 0 aliphatic carbocycles. The Morgan fingerprint density at radius 3 is 3.07 bits per heavy atom. The van der Waals surface area contributed by atoms with Crippen LogP contribution in [0.3, 0.4) is 0 Å². The number of fused-ring (bicyclic) bond motifs is 1. The first-order chi connectivity index (χ1) is 6.81. The number of hydrogen-bond acceptors (Lipinski definition) is 1. The van der Waals surface area contributed by atoms with E-state index in [4.69, 9.17) is 0 Å². The lowest BCUT2D eigenvalue weighted by molar-refractivity contribution is 0.630. The average molecular weight is 192 g/mol. The molecule has 2 N–H and O–H groups in total. The number of H-pyrrole nitrogens is 1. The fourth-order valence-corrected chi connectivity index (χ4v) is 1.50. The van der Waals surface area contributed by atoms with Crippen molar-refractivity contribution in [1.29, 1.82) is 0 Å². The SMILES string of the molecule is CCCNc1c[nH]c2ccc(F)cc12. The maximum atomic E-state index is 13.0. The van der Waals surface area contributed by atoms with Gasteiger partial charge in [0.2, 0.25) is 0 Å². The van der Waals surface area contributed by atoms with Crippen LogP contribution in [0, 0.1) is 5.82 Å². The zero-order chi connectivity index (χ0) is 9.97. The maximum Gasteiger partial charge on any atom is 0.124 e. The summed E-state index contributed by atoms with van der Waals surface area (Å²) in [6, 6.07) is 4.76. The highest BCUT2D eigenvalue weighted by atomic mass is 19.1.